The minimum atomic E-state index is -0.341. The van der Waals surface area contributed by atoms with Crippen LogP contribution in [-0.4, -0.2) is 35.4 Å². The van der Waals surface area contributed by atoms with Crippen molar-refractivity contribution in [3.05, 3.63) is 72.8 Å². The predicted octanol–water partition coefficient (Wildman–Crippen LogP) is 2.41. The Morgan fingerprint density at radius 1 is 1.15 bits per heavy atom. The molecule has 1 heterocycles. The summed E-state index contributed by atoms with van der Waals surface area (Å²) in [6.07, 6.45) is 6.89. The quantitative estimate of drug-likeness (QED) is 0.524. The van der Waals surface area contributed by atoms with Gasteiger partial charge in [0, 0.05) is 18.1 Å². The second-order valence-corrected chi connectivity index (χ2v) is 5.32. The number of methoxy groups -OCH3 is 1. The maximum Gasteiger partial charge on any atom is 0.277 e. The van der Waals surface area contributed by atoms with Crippen LogP contribution in [0.4, 0.5) is 0 Å². The van der Waals surface area contributed by atoms with Crippen LogP contribution < -0.4 is 14.9 Å². The highest BCUT2D eigenvalue weighted by atomic mass is 16.5. The molecule has 0 radical (unpaired) electrons. The molecule has 0 saturated heterocycles. The first-order chi connectivity index (χ1) is 12.7. The standard InChI is InChI=1S/C19H18N4O3/c1-25-17-6-8-18(9-7-17)26-13-19(24)22-21-12-15-2-4-16(5-3-15)23-11-10-20-14-23/h2-12,14H,13H2,1H3,(H,22,24)/b21-12+. The van der Waals surface area contributed by atoms with Crippen molar-refractivity contribution in [3.8, 4) is 17.2 Å². The molecule has 132 valence electrons. The van der Waals surface area contributed by atoms with Crippen molar-refractivity contribution in [3.63, 3.8) is 0 Å². The summed E-state index contributed by atoms with van der Waals surface area (Å²) in [6.45, 7) is -0.122. The fourth-order valence-electron chi connectivity index (χ4n) is 2.18. The number of nitrogens with zero attached hydrogens (tertiary/aromatic N) is 3. The first-order valence-corrected chi connectivity index (χ1v) is 7.92. The van der Waals surface area contributed by atoms with Gasteiger partial charge in [0.2, 0.25) is 0 Å². The number of nitrogens with one attached hydrogen (secondary N) is 1. The van der Waals surface area contributed by atoms with Gasteiger partial charge >= 0.3 is 0 Å². The van der Waals surface area contributed by atoms with Crippen molar-refractivity contribution in [2.45, 2.75) is 0 Å². The number of hydrogen-bond donors (Lipinski definition) is 1. The van der Waals surface area contributed by atoms with Gasteiger partial charge < -0.3 is 14.0 Å². The zero-order valence-electron chi connectivity index (χ0n) is 14.2. The molecule has 0 fully saturated rings. The lowest BCUT2D eigenvalue weighted by atomic mass is 10.2. The molecule has 3 rings (SSSR count). The van der Waals surface area contributed by atoms with E-state index in [1.807, 2.05) is 35.0 Å². The van der Waals surface area contributed by atoms with Gasteiger partial charge in [0.15, 0.2) is 6.61 Å². The number of rotatable bonds is 7. The van der Waals surface area contributed by atoms with Crippen LogP contribution in [0.25, 0.3) is 5.69 Å². The summed E-state index contributed by atoms with van der Waals surface area (Å²) in [5.74, 6) is 0.970. The van der Waals surface area contributed by atoms with Gasteiger partial charge in [-0.1, -0.05) is 12.1 Å². The fraction of sp³-hybridized carbons (Fsp3) is 0.105. The van der Waals surface area contributed by atoms with Gasteiger partial charge in [0.05, 0.1) is 19.7 Å². The highest BCUT2D eigenvalue weighted by Gasteiger charge is 2.02. The van der Waals surface area contributed by atoms with E-state index in [-0.39, 0.29) is 12.5 Å². The predicted molar refractivity (Wildman–Crippen MR) is 97.8 cm³/mol. The molecule has 0 spiro atoms. The largest absolute Gasteiger partial charge is 0.497 e. The molecular formula is C19H18N4O3. The Labute approximate surface area is 150 Å². The number of carbonyl (C=O) groups is 1. The minimum Gasteiger partial charge on any atom is -0.497 e. The van der Waals surface area contributed by atoms with Gasteiger partial charge in [-0.25, -0.2) is 10.4 Å². The monoisotopic (exact) mass is 350 g/mol. The Kier molecular flexibility index (Phi) is 5.61. The van der Waals surface area contributed by atoms with E-state index >= 15 is 0 Å². The lowest BCUT2D eigenvalue weighted by Gasteiger charge is -2.06. The van der Waals surface area contributed by atoms with E-state index in [1.54, 1.807) is 50.1 Å². The van der Waals surface area contributed by atoms with Crippen LogP contribution in [0, 0.1) is 0 Å². The maximum atomic E-state index is 11.8. The Bertz CT molecular complexity index is 857. The summed E-state index contributed by atoms with van der Waals surface area (Å²) in [4.78, 5) is 15.8. The molecule has 1 amide bonds. The third-order valence-corrected chi connectivity index (χ3v) is 3.53. The van der Waals surface area contributed by atoms with Crippen LogP contribution in [0.15, 0.2) is 72.4 Å². The average Bonchev–Trinajstić information content (AvgIpc) is 3.22. The summed E-state index contributed by atoms with van der Waals surface area (Å²) in [5, 5.41) is 3.93. The van der Waals surface area contributed by atoms with Crippen molar-refractivity contribution in [2.75, 3.05) is 13.7 Å². The second-order valence-electron chi connectivity index (χ2n) is 5.32. The number of imidazole rings is 1. The van der Waals surface area contributed by atoms with Crippen LogP contribution in [0.2, 0.25) is 0 Å². The lowest BCUT2D eigenvalue weighted by molar-refractivity contribution is -0.123. The smallest absolute Gasteiger partial charge is 0.277 e. The molecule has 0 unspecified atom stereocenters. The number of benzene rings is 2. The van der Waals surface area contributed by atoms with E-state index in [1.165, 1.54) is 0 Å². The van der Waals surface area contributed by atoms with Crippen LogP contribution in [-0.2, 0) is 4.79 Å². The zero-order valence-corrected chi connectivity index (χ0v) is 14.2. The van der Waals surface area contributed by atoms with Gasteiger partial charge in [-0.3, -0.25) is 4.79 Å². The van der Waals surface area contributed by atoms with E-state index in [2.05, 4.69) is 15.5 Å². The topological polar surface area (TPSA) is 77.7 Å². The van der Waals surface area contributed by atoms with Crippen LogP contribution in [0.5, 0.6) is 11.5 Å². The number of hydrazone groups is 1. The van der Waals surface area contributed by atoms with Gasteiger partial charge in [-0.15, -0.1) is 0 Å². The summed E-state index contributed by atoms with van der Waals surface area (Å²) >= 11 is 0. The normalized spacial score (nSPS) is 10.7. The lowest BCUT2D eigenvalue weighted by Crippen LogP contribution is -2.24. The number of aromatic nitrogens is 2. The number of carbonyl (C=O) groups excluding carboxylic acids is 1. The highest BCUT2D eigenvalue weighted by Crippen LogP contribution is 2.16. The summed E-state index contributed by atoms with van der Waals surface area (Å²) in [5.41, 5.74) is 4.29. The van der Waals surface area contributed by atoms with Crippen molar-refractivity contribution < 1.29 is 14.3 Å². The van der Waals surface area contributed by atoms with Crippen molar-refractivity contribution in [1.29, 1.82) is 0 Å². The highest BCUT2D eigenvalue weighted by molar-refractivity contribution is 5.83. The van der Waals surface area contributed by atoms with Crippen LogP contribution in [0.3, 0.4) is 0 Å². The van der Waals surface area contributed by atoms with Crippen molar-refractivity contribution in [1.82, 2.24) is 15.0 Å². The molecule has 1 N–H and O–H groups in total. The third-order valence-electron chi connectivity index (χ3n) is 3.53. The maximum absolute atomic E-state index is 11.8. The first kappa shape index (κ1) is 17.2. The summed E-state index contributed by atoms with van der Waals surface area (Å²) < 4.78 is 12.3. The zero-order chi connectivity index (χ0) is 18.2. The van der Waals surface area contributed by atoms with Crippen molar-refractivity contribution >= 4 is 12.1 Å². The summed E-state index contributed by atoms with van der Waals surface area (Å²) in [7, 11) is 1.59. The van der Waals surface area contributed by atoms with E-state index in [0.29, 0.717) is 5.75 Å². The van der Waals surface area contributed by atoms with E-state index in [9.17, 15) is 4.79 Å². The van der Waals surface area contributed by atoms with Gasteiger partial charge in [-0.05, 0) is 42.0 Å². The molecule has 1 aromatic heterocycles. The van der Waals surface area contributed by atoms with Crippen LogP contribution in [0.1, 0.15) is 5.56 Å². The molecule has 26 heavy (non-hydrogen) atoms. The van der Waals surface area contributed by atoms with Crippen molar-refractivity contribution in [2.24, 2.45) is 5.10 Å². The molecule has 2 aromatic carbocycles. The number of amides is 1. The minimum absolute atomic E-state index is 0.122. The molecular weight excluding hydrogens is 332 g/mol. The Hall–Kier alpha value is -3.61. The molecule has 0 saturated carbocycles. The third kappa shape index (κ3) is 4.70. The molecule has 0 aliphatic heterocycles. The van der Waals surface area contributed by atoms with E-state index in [0.717, 1.165) is 17.0 Å². The fourth-order valence-corrected chi connectivity index (χ4v) is 2.18. The average molecular weight is 350 g/mol. The molecule has 0 aliphatic carbocycles. The number of hydrogen-bond acceptors (Lipinski definition) is 5. The van der Waals surface area contributed by atoms with Crippen LogP contribution >= 0.6 is 0 Å². The van der Waals surface area contributed by atoms with Gasteiger partial charge in [0.25, 0.3) is 5.91 Å². The molecule has 3 aromatic rings. The summed E-state index contributed by atoms with van der Waals surface area (Å²) in [6, 6.07) is 14.7. The molecule has 7 nitrogen and oxygen atoms in total. The number of ether oxygens (including phenoxy) is 2. The molecule has 0 bridgehead atoms. The van der Waals surface area contributed by atoms with E-state index in [4.69, 9.17) is 9.47 Å². The molecule has 0 atom stereocenters. The SMILES string of the molecule is COc1ccc(OCC(=O)N/N=C/c2ccc(-n3ccnc3)cc2)cc1. The Morgan fingerprint density at radius 2 is 1.88 bits per heavy atom. The molecule has 0 aliphatic rings. The molecule has 7 heteroatoms. The Balaban J connectivity index is 1.46. The first-order valence-electron chi connectivity index (χ1n) is 7.92. The second kappa shape index (κ2) is 8.48. The van der Waals surface area contributed by atoms with Gasteiger partial charge in [0.1, 0.15) is 11.5 Å². The Morgan fingerprint density at radius 3 is 2.54 bits per heavy atom. The van der Waals surface area contributed by atoms with Gasteiger partial charge in [-0.2, -0.15) is 5.10 Å². The van der Waals surface area contributed by atoms with E-state index < -0.39 is 0 Å².